The maximum Gasteiger partial charge on any atom is 0.256 e. The van der Waals surface area contributed by atoms with Crippen molar-refractivity contribution in [2.24, 2.45) is 0 Å². The number of hydrogen-bond donors (Lipinski definition) is 1. The average Bonchev–Trinajstić information content (AvgIpc) is 2.68. The Morgan fingerprint density at radius 1 is 1.26 bits per heavy atom. The molecule has 1 N–H and O–H groups in total. The summed E-state index contributed by atoms with van der Waals surface area (Å²) in [5.41, 5.74) is 3.45. The van der Waals surface area contributed by atoms with E-state index in [1.54, 1.807) is 11.8 Å². The summed E-state index contributed by atoms with van der Waals surface area (Å²) in [6.07, 6.45) is 3.08. The Balaban J connectivity index is 0.00000126. The Kier molecular flexibility index (Phi) is 7.34. The molecule has 0 aliphatic carbocycles. The Morgan fingerprint density at radius 2 is 1.93 bits per heavy atom. The van der Waals surface area contributed by atoms with Gasteiger partial charge in [0.05, 0.1) is 17.8 Å². The van der Waals surface area contributed by atoms with E-state index in [0.717, 1.165) is 30.5 Å². The molecule has 1 unspecified atom stereocenters. The number of hydrogen-bond acceptors (Lipinski definition) is 3. The predicted octanol–water partition coefficient (Wildman–Crippen LogP) is 4.41. The number of fused-ring (bicyclic) bond motifs is 1. The summed E-state index contributed by atoms with van der Waals surface area (Å²) in [5.74, 6) is 0.745. The van der Waals surface area contributed by atoms with Crippen LogP contribution in [-0.2, 0) is 11.3 Å². The summed E-state index contributed by atoms with van der Waals surface area (Å²) < 4.78 is 0. The van der Waals surface area contributed by atoms with Crippen LogP contribution in [0.25, 0.3) is 11.4 Å². The average molecular weight is 370 g/mol. The zero-order valence-corrected chi connectivity index (χ0v) is 17.1. The Bertz CT molecular complexity index is 824. The van der Waals surface area contributed by atoms with Gasteiger partial charge in [-0.15, -0.1) is 0 Å². The Morgan fingerprint density at radius 3 is 2.52 bits per heavy atom. The monoisotopic (exact) mass is 369 g/mol. The smallest absolute Gasteiger partial charge is 0.256 e. The largest absolute Gasteiger partial charge is 0.338 e. The molecule has 0 saturated heterocycles. The molecule has 1 aromatic carbocycles. The molecule has 1 aliphatic rings. The predicted molar refractivity (Wildman–Crippen MR) is 110 cm³/mol. The van der Waals surface area contributed by atoms with E-state index in [2.05, 4.69) is 11.9 Å². The van der Waals surface area contributed by atoms with Gasteiger partial charge >= 0.3 is 0 Å². The minimum Gasteiger partial charge on any atom is -0.338 e. The maximum atomic E-state index is 12.7. The lowest BCUT2D eigenvalue weighted by molar-refractivity contribution is -0.130. The first-order valence-corrected chi connectivity index (χ1v) is 9.95. The van der Waals surface area contributed by atoms with Crippen LogP contribution in [0.4, 0.5) is 0 Å². The summed E-state index contributed by atoms with van der Waals surface area (Å²) in [7, 11) is 0. The van der Waals surface area contributed by atoms with E-state index < -0.39 is 0 Å². The highest BCUT2D eigenvalue weighted by Crippen LogP contribution is 2.30. The number of carbonyl (C=O) groups is 1. The van der Waals surface area contributed by atoms with E-state index in [1.165, 1.54) is 5.56 Å². The molecule has 0 bridgehead atoms. The summed E-state index contributed by atoms with van der Waals surface area (Å²) in [6.45, 7) is 10.7. The third kappa shape index (κ3) is 4.85. The molecule has 5 heteroatoms. The molecule has 1 atom stereocenters. The van der Waals surface area contributed by atoms with Gasteiger partial charge in [0.2, 0.25) is 5.91 Å². The SMILES string of the molecule is CC.CCCCC1CN(C(C)=O)Cc2c1nc(-c1ccc(C)cc1)[nH]c2=O. The second-order valence-electron chi connectivity index (χ2n) is 6.88. The van der Waals surface area contributed by atoms with Crippen molar-refractivity contribution < 1.29 is 4.79 Å². The van der Waals surface area contributed by atoms with Gasteiger partial charge in [0.1, 0.15) is 5.82 Å². The zero-order valence-electron chi connectivity index (χ0n) is 17.1. The fraction of sp³-hybridized carbons (Fsp3) is 0.500. The van der Waals surface area contributed by atoms with Crippen LogP contribution in [0.2, 0.25) is 0 Å². The minimum atomic E-state index is -0.131. The Hall–Kier alpha value is -2.43. The van der Waals surface area contributed by atoms with Gasteiger partial charge < -0.3 is 9.88 Å². The van der Waals surface area contributed by atoms with Crippen LogP contribution < -0.4 is 5.56 Å². The molecule has 0 saturated carbocycles. The van der Waals surface area contributed by atoms with E-state index in [-0.39, 0.29) is 17.4 Å². The van der Waals surface area contributed by atoms with Gasteiger partial charge in [-0.1, -0.05) is 63.4 Å². The summed E-state index contributed by atoms with van der Waals surface area (Å²) in [4.78, 5) is 34.0. The van der Waals surface area contributed by atoms with Crippen molar-refractivity contribution in [1.82, 2.24) is 14.9 Å². The third-order valence-electron chi connectivity index (χ3n) is 4.90. The maximum absolute atomic E-state index is 12.7. The van der Waals surface area contributed by atoms with Crippen molar-refractivity contribution in [3.05, 3.63) is 51.4 Å². The van der Waals surface area contributed by atoms with Crippen molar-refractivity contribution in [2.45, 2.75) is 66.3 Å². The highest BCUT2D eigenvalue weighted by molar-refractivity contribution is 5.73. The van der Waals surface area contributed by atoms with Gasteiger partial charge in [-0.3, -0.25) is 9.59 Å². The summed E-state index contributed by atoms with van der Waals surface area (Å²) in [6, 6.07) is 7.99. The fourth-order valence-corrected chi connectivity index (χ4v) is 3.38. The molecule has 146 valence electrons. The first kappa shape index (κ1) is 20.9. The van der Waals surface area contributed by atoms with Gasteiger partial charge in [0.25, 0.3) is 5.56 Å². The van der Waals surface area contributed by atoms with E-state index in [1.807, 2.05) is 45.0 Å². The van der Waals surface area contributed by atoms with Crippen molar-refractivity contribution in [1.29, 1.82) is 0 Å². The molecule has 2 aromatic rings. The highest BCUT2D eigenvalue weighted by Gasteiger charge is 2.30. The number of aryl methyl sites for hydroxylation is 1. The number of benzene rings is 1. The molecular weight excluding hydrogens is 338 g/mol. The molecule has 0 radical (unpaired) electrons. The molecule has 0 fully saturated rings. The number of nitrogens with zero attached hydrogens (tertiary/aromatic N) is 2. The molecule has 1 aromatic heterocycles. The topological polar surface area (TPSA) is 66.1 Å². The van der Waals surface area contributed by atoms with Crippen LogP contribution in [0.3, 0.4) is 0 Å². The number of H-pyrrole nitrogens is 1. The number of carbonyl (C=O) groups excluding carboxylic acids is 1. The second kappa shape index (κ2) is 9.49. The van der Waals surface area contributed by atoms with E-state index in [0.29, 0.717) is 24.5 Å². The van der Waals surface area contributed by atoms with Gasteiger partial charge in [0, 0.05) is 24.9 Å². The quantitative estimate of drug-likeness (QED) is 0.868. The van der Waals surface area contributed by atoms with Gasteiger partial charge in [-0.25, -0.2) is 4.98 Å². The van der Waals surface area contributed by atoms with Crippen LogP contribution in [-0.4, -0.2) is 27.3 Å². The molecule has 0 spiro atoms. The first-order chi connectivity index (χ1) is 13.0. The number of aromatic amines is 1. The molecule has 1 aliphatic heterocycles. The lowest BCUT2D eigenvalue weighted by atomic mass is 9.90. The lowest BCUT2D eigenvalue weighted by Crippen LogP contribution is -2.40. The number of unbranched alkanes of at least 4 members (excludes halogenated alkanes) is 1. The van der Waals surface area contributed by atoms with Crippen molar-refractivity contribution in [3.8, 4) is 11.4 Å². The first-order valence-electron chi connectivity index (χ1n) is 9.95. The van der Waals surface area contributed by atoms with E-state index >= 15 is 0 Å². The van der Waals surface area contributed by atoms with E-state index in [9.17, 15) is 9.59 Å². The van der Waals surface area contributed by atoms with Gasteiger partial charge in [-0.2, -0.15) is 0 Å². The molecule has 5 nitrogen and oxygen atoms in total. The fourth-order valence-electron chi connectivity index (χ4n) is 3.38. The standard InChI is InChI=1S/C20H25N3O2.C2H6/c1-4-5-6-16-11-23(14(3)24)12-17-18(16)21-19(22-20(17)25)15-9-7-13(2)8-10-15;1-2/h7-10,16H,4-6,11-12H2,1-3H3,(H,21,22,25);1-2H3. The normalized spacial score (nSPS) is 15.6. The second-order valence-corrected chi connectivity index (χ2v) is 6.88. The Labute approximate surface area is 161 Å². The lowest BCUT2D eigenvalue weighted by Gasteiger charge is -2.33. The number of rotatable bonds is 4. The van der Waals surface area contributed by atoms with Crippen molar-refractivity contribution in [2.75, 3.05) is 6.54 Å². The molecule has 27 heavy (non-hydrogen) atoms. The van der Waals surface area contributed by atoms with Gasteiger partial charge in [-0.05, 0) is 13.3 Å². The van der Waals surface area contributed by atoms with Crippen LogP contribution >= 0.6 is 0 Å². The van der Waals surface area contributed by atoms with Crippen LogP contribution in [0.1, 0.15) is 69.7 Å². The molecule has 1 amide bonds. The zero-order chi connectivity index (χ0) is 20.0. The van der Waals surface area contributed by atoms with Crippen molar-refractivity contribution >= 4 is 5.91 Å². The summed E-state index contributed by atoms with van der Waals surface area (Å²) >= 11 is 0. The van der Waals surface area contributed by atoms with E-state index in [4.69, 9.17) is 4.98 Å². The molecular formula is C22H31N3O2. The summed E-state index contributed by atoms with van der Waals surface area (Å²) in [5, 5.41) is 0. The van der Waals surface area contributed by atoms with Gasteiger partial charge in [0.15, 0.2) is 0 Å². The number of aromatic nitrogens is 2. The van der Waals surface area contributed by atoms with Crippen LogP contribution in [0.15, 0.2) is 29.1 Å². The van der Waals surface area contributed by atoms with Crippen LogP contribution in [0, 0.1) is 6.92 Å². The molecule has 3 rings (SSSR count). The van der Waals surface area contributed by atoms with Crippen LogP contribution in [0.5, 0.6) is 0 Å². The third-order valence-corrected chi connectivity index (χ3v) is 4.90. The molecule has 2 heterocycles. The highest BCUT2D eigenvalue weighted by atomic mass is 16.2. The number of nitrogens with one attached hydrogen (secondary N) is 1. The van der Waals surface area contributed by atoms with Crippen molar-refractivity contribution in [3.63, 3.8) is 0 Å². The number of amides is 1. The minimum absolute atomic E-state index is 0.00848.